The summed E-state index contributed by atoms with van der Waals surface area (Å²) in [7, 11) is -4.00. The van der Waals surface area contributed by atoms with Crippen LogP contribution in [0, 0.1) is 0 Å². The highest BCUT2D eigenvalue weighted by atomic mass is 32.2. The first-order valence-corrected chi connectivity index (χ1v) is 7.31. The molecule has 4 nitrogen and oxygen atoms in total. The van der Waals surface area contributed by atoms with E-state index in [1.54, 1.807) is 0 Å². The Hall–Kier alpha value is -0.130. The summed E-state index contributed by atoms with van der Waals surface area (Å²) in [6, 6.07) is 0. The average Bonchev–Trinajstić information content (AvgIpc) is 2.39. The molecule has 0 saturated carbocycles. The van der Waals surface area contributed by atoms with E-state index in [4.69, 9.17) is 0 Å². The van der Waals surface area contributed by atoms with Gasteiger partial charge in [0.1, 0.15) is 0 Å². The number of nitrogens with zero attached hydrogens (tertiary/aromatic N) is 1. The van der Waals surface area contributed by atoms with E-state index in [2.05, 4.69) is 4.90 Å². The summed E-state index contributed by atoms with van der Waals surface area (Å²) in [5, 5.41) is 0. The molecule has 1 fully saturated rings. The van der Waals surface area contributed by atoms with Crippen molar-refractivity contribution in [3.8, 4) is 0 Å². The summed E-state index contributed by atoms with van der Waals surface area (Å²) in [6.07, 6.45) is 6.44. The van der Waals surface area contributed by atoms with E-state index in [1.807, 2.05) is 0 Å². The zero-order valence-corrected chi connectivity index (χ0v) is 9.97. The highest BCUT2D eigenvalue weighted by molar-refractivity contribution is 7.85. The Labute approximate surface area is 92.4 Å². The van der Waals surface area contributed by atoms with Gasteiger partial charge in [-0.05, 0) is 45.3 Å². The Balaban J connectivity index is 2.08. The molecule has 0 aromatic heterocycles. The van der Waals surface area contributed by atoms with Gasteiger partial charge in [0, 0.05) is 5.75 Å². The predicted molar refractivity (Wildman–Crippen MR) is 58.7 cm³/mol. The summed E-state index contributed by atoms with van der Waals surface area (Å²) in [5.74, 6) is -0.208. The Kier molecular flexibility index (Phi) is 5.56. The first kappa shape index (κ1) is 12.9. The summed E-state index contributed by atoms with van der Waals surface area (Å²) < 4.78 is 31.1. The molecule has 0 bridgehead atoms. The maximum Gasteiger partial charge on any atom is 0.0945 e. The first-order valence-electron chi connectivity index (χ1n) is 5.74. The van der Waals surface area contributed by atoms with Crippen LogP contribution in [0.15, 0.2) is 0 Å². The fourth-order valence-electron chi connectivity index (χ4n) is 1.97. The Morgan fingerprint density at radius 2 is 1.60 bits per heavy atom. The van der Waals surface area contributed by atoms with Gasteiger partial charge in [-0.3, -0.25) is 0 Å². The van der Waals surface area contributed by atoms with Crippen LogP contribution in [0.2, 0.25) is 0 Å². The molecule has 15 heavy (non-hydrogen) atoms. The van der Waals surface area contributed by atoms with Crippen LogP contribution in [-0.4, -0.2) is 43.3 Å². The van der Waals surface area contributed by atoms with Crippen molar-refractivity contribution < 1.29 is 13.0 Å². The summed E-state index contributed by atoms with van der Waals surface area (Å²) in [4.78, 5) is 2.38. The van der Waals surface area contributed by atoms with Crippen LogP contribution in [0.1, 0.15) is 38.5 Å². The van der Waals surface area contributed by atoms with Crippen molar-refractivity contribution in [2.45, 2.75) is 38.5 Å². The molecule has 0 radical (unpaired) electrons. The van der Waals surface area contributed by atoms with Gasteiger partial charge in [0.05, 0.1) is 10.1 Å². The third kappa shape index (κ3) is 6.87. The minimum Gasteiger partial charge on any atom is -0.748 e. The highest BCUT2D eigenvalue weighted by Gasteiger charge is 2.08. The molecule has 0 spiro atoms. The molecule has 1 aliphatic heterocycles. The molecule has 0 aliphatic carbocycles. The number of hydrogen-bond donors (Lipinski definition) is 0. The molecule has 1 rings (SSSR count). The van der Waals surface area contributed by atoms with Crippen LogP contribution >= 0.6 is 0 Å². The summed E-state index contributed by atoms with van der Waals surface area (Å²) in [5.41, 5.74) is 0. The van der Waals surface area contributed by atoms with E-state index in [1.165, 1.54) is 25.7 Å². The molecule has 0 amide bonds. The van der Waals surface area contributed by atoms with Gasteiger partial charge in [-0.1, -0.05) is 12.8 Å². The Morgan fingerprint density at radius 1 is 1.00 bits per heavy atom. The van der Waals surface area contributed by atoms with Gasteiger partial charge >= 0.3 is 0 Å². The second kappa shape index (κ2) is 6.45. The van der Waals surface area contributed by atoms with Crippen molar-refractivity contribution >= 4 is 10.1 Å². The van der Waals surface area contributed by atoms with Gasteiger partial charge in [0.2, 0.25) is 0 Å². The molecule has 90 valence electrons. The van der Waals surface area contributed by atoms with Gasteiger partial charge < -0.3 is 9.45 Å². The van der Waals surface area contributed by atoms with E-state index in [0.29, 0.717) is 6.42 Å². The monoisotopic (exact) mass is 234 g/mol. The van der Waals surface area contributed by atoms with Crippen LogP contribution < -0.4 is 0 Å². The highest BCUT2D eigenvalue weighted by Crippen LogP contribution is 2.10. The molecule has 0 atom stereocenters. The van der Waals surface area contributed by atoms with Crippen molar-refractivity contribution in [3.05, 3.63) is 0 Å². The average molecular weight is 234 g/mol. The second-order valence-electron chi connectivity index (χ2n) is 4.22. The molecule has 1 saturated heterocycles. The number of rotatable bonds is 5. The van der Waals surface area contributed by atoms with Crippen LogP contribution in [0.5, 0.6) is 0 Å². The lowest BCUT2D eigenvalue weighted by atomic mass is 10.2. The summed E-state index contributed by atoms with van der Waals surface area (Å²) >= 11 is 0. The number of unbranched alkanes of at least 4 members (excludes halogenated alkanes) is 1. The fraction of sp³-hybridized carbons (Fsp3) is 1.00. The fourth-order valence-corrected chi connectivity index (χ4v) is 2.53. The first-order chi connectivity index (χ1) is 7.08. The number of hydrogen-bond acceptors (Lipinski definition) is 4. The quantitative estimate of drug-likeness (QED) is 0.529. The lowest BCUT2D eigenvalue weighted by molar-refractivity contribution is 0.280. The molecule has 0 N–H and O–H groups in total. The van der Waals surface area contributed by atoms with Gasteiger partial charge in [-0.25, -0.2) is 8.42 Å². The van der Waals surface area contributed by atoms with Crippen molar-refractivity contribution in [1.29, 1.82) is 0 Å². The third-order valence-electron chi connectivity index (χ3n) is 2.82. The zero-order chi connectivity index (χ0) is 11.1. The third-order valence-corrected chi connectivity index (χ3v) is 3.61. The van der Waals surface area contributed by atoms with Crippen LogP contribution in [0.3, 0.4) is 0 Å². The van der Waals surface area contributed by atoms with Crippen LogP contribution in [0.4, 0.5) is 0 Å². The molecule has 1 heterocycles. The summed E-state index contributed by atoms with van der Waals surface area (Å²) in [6.45, 7) is 3.20. The molecule has 5 heteroatoms. The van der Waals surface area contributed by atoms with Crippen LogP contribution in [-0.2, 0) is 10.1 Å². The van der Waals surface area contributed by atoms with E-state index >= 15 is 0 Å². The number of likely N-dealkylation sites (tertiary alicyclic amines) is 1. The molecular formula is C10H20NO3S-. The van der Waals surface area contributed by atoms with Gasteiger partial charge in [0.25, 0.3) is 0 Å². The largest absolute Gasteiger partial charge is 0.748 e. The minimum atomic E-state index is -4.00. The molecular weight excluding hydrogens is 214 g/mol. The minimum absolute atomic E-state index is 0.208. The predicted octanol–water partition coefficient (Wildman–Crippen LogP) is 1.19. The van der Waals surface area contributed by atoms with Crippen molar-refractivity contribution in [2.75, 3.05) is 25.4 Å². The molecule has 0 unspecified atom stereocenters. The maximum atomic E-state index is 10.4. The lowest BCUT2D eigenvalue weighted by Crippen LogP contribution is -2.26. The lowest BCUT2D eigenvalue weighted by Gasteiger charge is -2.19. The SMILES string of the molecule is O=S(=O)([O-])CCCCN1CCCCCC1. The van der Waals surface area contributed by atoms with E-state index < -0.39 is 10.1 Å². The van der Waals surface area contributed by atoms with Gasteiger partial charge in [0.15, 0.2) is 0 Å². The topological polar surface area (TPSA) is 60.4 Å². The zero-order valence-electron chi connectivity index (χ0n) is 9.15. The molecule has 1 aliphatic rings. The van der Waals surface area contributed by atoms with E-state index in [9.17, 15) is 13.0 Å². The molecule has 0 aromatic carbocycles. The van der Waals surface area contributed by atoms with Gasteiger partial charge in [-0.15, -0.1) is 0 Å². The normalized spacial score (nSPS) is 20.1. The Bertz CT molecular complexity index is 256. The smallest absolute Gasteiger partial charge is 0.0945 e. The van der Waals surface area contributed by atoms with Crippen molar-refractivity contribution in [1.82, 2.24) is 4.90 Å². The van der Waals surface area contributed by atoms with Gasteiger partial charge in [-0.2, -0.15) is 0 Å². The maximum absolute atomic E-state index is 10.4. The van der Waals surface area contributed by atoms with E-state index in [0.717, 1.165) is 26.1 Å². The standard InChI is InChI=1S/C10H21NO3S/c12-15(13,14)10-6-5-9-11-7-3-1-2-4-8-11/h1-10H2,(H,12,13,14)/p-1. The van der Waals surface area contributed by atoms with Crippen molar-refractivity contribution in [3.63, 3.8) is 0 Å². The Morgan fingerprint density at radius 3 is 2.13 bits per heavy atom. The van der Waals surface area contributed by atoms with Crippen LogP contribution in [0.25, 0.3) is 0 Å². The van der Waals surface area contributed by atoms with E-state index in [-0.39, 0.29) is 5.75 Å². The second-order valence-corrected chi connectivity index (χ2v) is 5.75. The molecule has 0 aromatic rings. The van der Waals surface area contributed by atoms with Crippen molar-refractivity contribution in [2.24, 2.45) is 0 Å².